The number of aromatic nitrogens is 3. The van der Waals surface area contributed by atoms with E-state index in [0.717, 1.165) is 10.9 Å². The largest absolute Gasteiger partial charge is 0.319 e. The fraction of sp³-hybridized carbons (Fsp3) is 0.0500. The maximum atomic E-state index is 13.7. The van der Waals surface area contributed by atoms with E-state index in [4.69, 9.17) is 0 Å². The maximum Gasteiger partial charge on any atom is 0.259 e. The number of amides is 1. The van der Waals surface area contributed by atoms with E-state index in [1.54, 1.807) is 23.7 Å². The molecule has 0 radical (unpaired) electrons. The van der Waals surface area contributed by atoms with Crippen LogP contribution in [-0.4, -0.2) is 20.7 Å². The number of para-hydroxylation sites is 2. The summed E-state index contributed by atoms with van der Waals surface area (Å²) < 4.78 is 15.3. The average Bonchev–Trinajstić information content (AvgIpc) is 3.05. The highest BCUT2D eigenvalue weighted by atomic mass is 19.1. The Morgan fingerprint density at radius 3 is 2.65 bits per heavy atom. The van der Waals surface area contributed by atoms with Gasteiger partial charge in [0.15, 0.2) is 5.82 Å². The molecule has 4 aromatic rings. The first-order valence-corrected chi connectivity index (χ1v) is 8.10. The summed E-state index contributed by atoms with van der Waals surface area (Å²) in [5, 5.41) is 7.88. The zero-order valence-corrected chi connectivity index (χ0v) is 14.0. The minimum absolute atomic E-state index is 0.133. The van der Waals surface area contributed by atoms with Crippen LogP contribution in [-0.2, 0) is 0 Å². The molecule has 0 fully saturated rings. The number of pyridine rings is 1. The van der Waals surface area contributed by atoms with Crippen molar-refractivity contribution in [2.24, 2.45) is 0 Å². The predicted octanol–water partition coefficient (Wildman–Crippen LogP) is 4.12. The number of hydrogen-bond acceptors (Lipinski definition) is 3. The number of carbonyl (C=O) groups excluding carboxylic acids is 1. The van der Waals surface area contributed by atoms with Gasteiger partial charge in [-0.05, 0) is 37.3 Å². The third-order valence-electron chi connectivity index (χ3n) is 4.18. The number of rotatable bonds is 3. The second kappa shape index (κ2) is 6.40. The highest BCUT2D eigenvalue weighted by Gasteiger charge is 2.17. The number of nitrogens with zero attached hydrogens (tertiary/aromatic N) is 3. The van der Waals surface area contributed by atoms with Crippen molar-refractivity contribution in [3.8, 4) is 5.82 Å². The van der Waals surface area contributed by atoms with Crippen LogP contribution in [0.2, 0.25) is 0 Å². The highest BCUT2D eigenvalue weighted by Crippen LogP contribution is 2.19. The summed E-state index contributed by atoms with van der Waals surface area (Å²) in [5.41, 5.74) is 1.97. The maximum absolute atomic E-state index is 13.7. The van der Waals surface area contributed by atoms with Gasteiger partial charge in [-0.25, -0.2) is 14.1 Å². The lowest BCUT2D eigenvalue weighted by molar-refractivity contribution is 0.102. The van der Waals surface area contributed by atoms with E-state index in [-0.39, 0.29) is 5.69 Å². The molecule has 0 aliphatic heterocycles. The molecule has 6 heteroatoms. The van der Waals surface area contributed by atoms with Crippen molar-refractivity contribution < 1.29 is 9.18 Å². The number of benzene rings is 2. The smallest absolute Gasteiger partial charge is 0.259 e. The Balaban J connectivity index is 1.67. The average molecular weight is 346 g/mol. The number of nitrogens with one attached hydrogen (secondary N) is 1. The van der Waals surface area contributed by atoms with Gasteiger partial charge in [0.25, 0.3) is 5.91 Å². The van der Waals surface area contributed by atoms with Gasteiger partial charge in [0.05, 0.1) is 28.7 Å². The zero-order valence-electron chi connectivity index (χ0n) is 14.0. The van der Waals surface area contributed by atoms with E-state index < -0.39 is 11.7 Å². The molecule has 1 amide bonds. The van der Waals surface area contributed by atoms with Crippen LogP contribution in [0.15, 0.2) is 66.9 Å². The molecule has 128 valence electrons. The SMILES string of the molecule is Cc1c(C(=O)Nc2ccccc2F)cnn1-c1ccc2ccccc2n1. The Kier molecular flexibility index (Phi) is 3.93. The van der Waals surface area contributed by atoms with Crippen molar-refractivity contribution >= 4 is 22.5 Å². The number of anilines is 1. The molecule has 0 unspecified atom stereocenters. The molecule has 0 saturated carbocycles. The van der Waals surface area contributed by atoms with Crippen LogP contribution < -0.4 is 5.32 Å². The van der Waals surface area contributed by atoms with Crippen LogP contribution in [0.3, 0.4) is 0 Å². The van der Waals surface area contributed by atoms with E-state index in [9.17, 15) is 9.18 Å². The molecular weight excluding hydrogens is 331 g/mol. The van der Waals surface area contributed by atoms with E-state index >= 15 is 0 Å². The van der Waals surface area contributed by atoms with Gasteiger partial charge < -0.3 is 5.32 Å². The minimum atomic E-state index is -0.484. The molecule has 2 aromatic heterocycles. The molecule has 0 aliphatic carbocycles. The molecule has 1 N–H and O–H groups in total. The molecule has 2 heterocycles. The molecule has 4 rings (SSSR count). The Morgan fingerprint density at radius 1 is 1.04 bits per heavy atom. The first kappa shape index (κ1) is 16.0. The molecule has 0 bridgehead atoms. The first-order chi connectivity index (χ1) is 12.6. The van der Waals surface area contributed by atoms with Crippen molar-refractivity contribution in [3.05, 3.63) is 83.9 Å². The van der Waals surface area contributed by atoms with Gasteiger partial charge in [-0.2, -0.15) is 5.10 Å². The van der Waals surface area contributed by atoms with Crippen LogP contribution in [0.25, 0.3) is 16.7 Å². The first-order valence-electron chi connectivity index (χ1n) is 8.10. The molecule has 26 heavy (non-hydrogen) atoms. The third kappa shape index (κ3) is 2.82. The fourth-order valence-corrected chi connectivity index (χ4v) is 2.79. The lowest BCUT2D eigenvalue weighted by Gasteiger charge is -2.07. The van der Waals surface area contributed by atoms with E-state index in [0.29, 0.717) is 17.1 Å². The Labute approximate surface area is 149 Å². The van der Waals surface area contributed by atoms with E-state index in [1.807, 2.05) is 36.4 Å². The quantitative estimate of drug-likeness (QED) is 0.607. The fourth-order valence-electron chi connectivity index (χ4n) is 2.79. The second-order valence-corrected chi connectivity index (χ2v) is 5.85. The molecule has 2 aromatic carbocycles. The van der Waals surface area contributed by atoms with Gasteiger partial charge in [0.1, 0.15) is 5.82 Å². The lowest BCUT2D eigenvalue weighted by atomic mass is 10.2. The van der Waals surface area contributed by atoms with Crippen molar-refractivity contribution in [1.82, 2.24) is 14.8 Å². The summed E-state index contributed by atoms with van der Waals surface area (Å²) in [6.45, 7) is 1.78. The van der Waals surface area contributed by atoms with E-state index in [2.05, 4.69) is 15.4 Å². The van der Waals surface area contributed by atoms with Crippen LogP contribution in [0.1, 0.15) is 16.1 Å². The number of carbonyl (C=O) groups is 1. The monoisotopic (exact) mass is 346 g/mol. The van der Waals surface area contributed by atoms with Crippen molar-refractivity contribution in [3.63, 3.8) is 0 Å². The summed E-state index contributed by atoms with van der Waals surface area (Å²) in [6, 6.07) is 17.6. The molecule has 0 saturated heterocycles. The number of hydrogen-bond donors (Lipinski definition) is 1. The Hall–Kier alpha value is -3.54. The normalized spacial score (nSPS) is 10.8. The third-order valence-corrected chi connectivity index (χ3v) is 4.18. The Morgan fingerprint density at radius 2 is 1.81 bits per heavy atom. The van der Waals surface area contributed by atoms with Gasteiger partial charge in [-0.1, -0.05) is 30.3 Å². The lowest BCUT2D eigenvalue weighted by Crippen LogP contribution is -2.14. The van der Waals surface area contributed by atoms with Gasteiger partial charge in [-0.3, -0.25) is 4.79 Å². The molecular formula is C20H15FN4O. The molecule has 5 nitrogen and oxygen atoms in total. The van der Waals surface area contributed by atoms with Gasteiger partial charge in [-0.15, -0.1) is 0 Å². The molecule has 0 aliphatic rings. The van der Waals surface area contributed by atoms with Crippen LogP contribution in [0, 0.1) is 12.7 Å². The van der Waals surface area contributed by atoms with Gasteiger partial charge in [0.2, 0.25) is 0 Å². The van der Waals surface area contributed by atoms with Crippen LogP contribution >= 0.6 is 0 Å². The van der Waals surface area contributed by atoms with Crippen LogP contribution in [0.5, 0.6) is 0 Å². The molecule has 0 atom stereocenters. The van der Waals surface area contributed by atoms with Crippen LogP contribution in [0.4, 0.5) is 10.1 Å². The van der Waals surface area contributed by atoms with Crippen molar-refractivity contribution in [2.45, 2.75) is 6.92 Å². The van der Waals surface area contributed by atoms with E-state index in [1.165, 1.54) is 18.3 Å². The predicted molar refractivity (Wildman–Crippen MR) is 98.0 cm³/mol. The topological polar surface area (TPSA) is 59.8 Å². The van der Waals surface area contributed by atoms with Crippen molar-refractivity contribution in [2.75, 3.05) is 5.32 Å². The van der Waals surface area contributed by atoms with Gasteiger partial charge in [0, 0.05) is 5.39 Å². The number of halogens is 1. The summed E-state index contributed by atoms with van der Waals surface area (Å²) in [4.78, 5) is 17.1. The minimum Gasteiger partial charge on any atom is -0.319 e. The highest BCUT2D eigenvalue weighted by molar-refractivity contribution is 6.05. The van der Waals surface area contributed by atoms with Gasteiger partial charge >= 0.3 is 0 Å². The van der Waals surface area contributed by atoms with Crippen molar-refractivity contribution in [1.29, 1.82) is 0 Å². The summed E-state index contributed by atoms with van der Waals surface area (Å²) >= 11 is 0. The molecule has 0 spiro atoms. The number of fused-ring (bicyclic) bond motifs is 1. The summed E-state index contributed by atoms with van der Waals surface area (Å²) in [6.07, 6.45) is 1.46. The summed E-state index contributed by atoms with van der Waals surface area (Å²) in [5.74, 6) is -0.284. The zero-order chi connectivity index (χ0) is 18.1. The Bertz CT molecular complexity index is 1120. The standard InChI is InChI=1S/C20H15FN4O/c1-13-15(20(26)24-18-9-5-3-7-16(18)21)12-22-25(13)19-11-10-14-6-2-4-8-17(14)23-19/h2-12H,1H3,(H,24,26). The second-order valence-electron chi connectivity index (χ2n) is 5.85. The summed E-state index contributed by atoms with van der Waals surface area (Å²) in [7, 11) is 0.